The van der Waals surface area contributed by atoms with Crippen molar-refractivity contribution in [2.45, 2.75) is 77.0 Å². The normalized spacial score (nSPS) is 20.2. The van der Waals surface area contributed by atoms with Crippen LogP contribution in [0, 0.1) is 5.92 Å². The quantitative estimate of drug-likeness (QED) is 0.140. The van der Waals surface area contributed by atoms with Crippen molar-refractivity contribution in [2.75, 3.05) is 38.6 Å². The molecule has 12 heteroatoms. The fourth-order valence-electron chi connectivity index (χ4n) is 6.39. The first-order valence-corrected chi connectivity index (χ1v) is 20.7. The summed E-state index contributed by atoms with van der Waals surface area (Å²) in [5.74, 6) is -0.398. The molecule has 1 unspecified atom stereocenters. The van der Waals surface area contributed by atoms with Crippen molar-refractivity contribution < 1.29 is 14.3 Å². The van der Waals surface area contributed by atoms with Crippen LogP contribution in [0.2, 0.25) is 25.7 Å². The number of ether oxygens (including phenoxy) is 1. The lowest BCUT2D eigenvalue weighted by molar-refractivity contribution is -0.146. The number of benzene rings is 1. The molecule has 3 aromatic heterocycles. The highest BCUT2D eigenvalue weighted by Gasteiger charge is 2.35. The molecule has 2 aliphatic heterocycles. The van der Waals surface area contributed by atoms with E-state index in [1.165, 1.54) is 9.71 Å². The second-order valence-corrected chi connectivity index (χ2v) is 20.8. The summed E-state index contributed by atoms with van der Waals surface area (Å²) < 4.78 is 8.82. The van der Waals surface area contributed by atoms with E-state index in [9.17, 15) is 9.59 Å². The molecule has 6 rings (SSSR count). The van der Waals surface area contributed by atoms with Crippen molar-refractivity contribution in [3.63, 3.8) is 0 Å². The van der Waals surface area contributed by atoms with Crippen molar-refractivity contribution >= 4 is 58.0 Å². The van der Waals surface area contributed by atoms with Gasteiger partial charge in [0, 0.05) is 38.7 Å². The smallest absolute Gasteiger partial charge is 0.314 e. The second-order valence-electron chi connectivity index (χ2n) is 14.1. The van der Waals surface area contributed by atoms with E-state index < -0.39 is 19.9 Å². The molecule has 2 amide bonds. The minimum atomic E-state index is -1.22. The summed E-state index contributed by atoms with van der Waals surface area (Å²) in [6, 6.07) is 7.26. The standard InChI is InChI=1S/C33H45N7O3SSi/c1-22-6-8-28(24-7-9-29-26(16-24)37-32(44-29)23-10-12-38(2)13-11-23)39(20-22)33(42)31(41)36-27-19-34-17-25-18-35-40(30(25)27)21-43-14-15-45(3,4)5/h7,9,16-19,22-23,28H,6,8,10-15,20-21H2,1-5H3,(H,36,41)/t22-,28?/m0/s1. The molecular weight excluding hydrogens is 603 g/mol. The highest BCUT2D eigenvalue weighted by Crippen LogP contribution is 2.38. The van der Waals surface area contributed by atoms with Crippen LogP contribution in [0.3, 0.4) is 0 Å². The van der Waals surface area contributed by atoms with Crippen LogP contribution in [0.15, 0.2) is 36.8 Å². The Hall–Kier alpha value is -3.19. The monoisotopic (exact) mass is 647 g/mol. The summed E-state index contributed by atoms with van der Waals surface area (Å²) in [4.78, 5) is 40.9. The molecule has 1 N–H and O–H groups in total. The molecule has 240 valence electrons. The zero-order chi connectivity index (χ0) is 31.7. The zero-order valence-corrected chi connectivity index (χ0v) is 28.9. The summed E-state index contributed by atoms with van der Waals surface area (Å²) in [5, 5.41) is 9.31. The third-order valence-corrected chi connectivity index (χ3v) is 12.1. The highest BCUT2D eigenvalue weighted by molar-refractivity contribution is 7.18. The van der Waals surface area contributed by atoms with Crippen molar-refractivity contribution in [1.82, 2.24) is 29.5 Å². The van der Waals surface area contributed by atoms with E-state index in [4.69, 9.17) is 9.72 Å². The van der Waals surface area contributed by atoms with Crippen molar-refractivity contribution in [2.24, 2.45) is 5.92 Å². The van der Waals surface area contributed by atoms with Gasteiger partial charge in [-0.05, 0) is 75.5 Å². The number of nitrogens with zero attached hydrogens (tertiary/aromatic N) is 6. The van der Waals surface area contributed by atoms with Crippen molar-refractivity contribution in [1.29, 1.82) is 0 Å². The molecule has 0 aliphatic carbocycles. The van der Waals surface area contributed by atoms with Crippen molar-refractivity contribution in [3.8, 4) is 0 Å². The number of thiazole rings is 1. The Morgan fingerprint density at radius 3 is 2.67 bits per heavy atom. The number of carbonyl (C=O) groups excluding carboxylic acids is 2. The minimum absolute atomic E-state index is 0.184. The number of aromatic nitrogens is 4. The van der Waals surface area contributed by atoms with Gasteiger partial charge in [-0.25, -0.2) is 9.67 Å². The van der Waals surface area contributed by atoms with Gasteiger partial charge in [0.25, 0.3) is 0 Å². The summed E-state index contributed by atoms with van der Waals surface area (Å²) in [7, 11) is 0.958. The maximum Gasteiger partial charge on any atom is 0.314 e. The second kappa shape index (κ2) is 13.3. The summed E-state index contributed by atoms with van der Waals surface area (Å²) >= 11 is 1.79. The number of rotatable bonds is 8. The number of pyridine rings is 1. The van der Waals surface area contributed by atoms with E-state index in [-0.39, 0.29) is 12.8 Å². The number of carbonyl (C=O) groups is 2. The van der Waals surface area contributed by atoms with E-state index in [1.54, 1.807) is 39.5 Å². The van der Waals surface area contributed by atoms with Gasteiger partial charge in [0.15, 0.2) is 0 Å². The molecule has 4 aromatic rings. The molecule has 10 nitrogen and oxygen atoms in total. The third-order valence-electron chi connectivity index (χ3n) is 9.15. The Kier molecular flexibility index (Phi) is 9.37. The average molecular weight is 648 g/mol. The predicted molar refractivity (Wildman–Crippen MR) is 182 cm³/mol. The molecule has 2 atom stereocenters. The average Bonchev–Trinajstić information content (AvgIpc) is 3.63. The molecule has 1 aromatic carbocycles. The van der Waals surface area contributed by atoms with Crippen LogP contribution in [0.25, 0.3) is 21.1 Å². The first kappa shape index (κ1) is 31.8. The van der Waals surface area contributed by atoms with Gasteiger partial charge in [-0.2, -0.15) is 5.10 Å². The SMILES string of the molecule is C[C@H]1CCC(c2ccc3sc(C4CCN(C)CC4)nc3c2)N(C(=O)C(=O)Nc2cncc3cnn(COCC[Si](C)(C)C)c23)C1. The van der Waals surface area contributed by atoms with Gasteiger partial charge in [-0.1, -0.05) is 32.6 Å². The Morgan fingerprint density at radius 2 is 1.89 bits per heavy atom. The van der Waals surface area contributed by atoms with E-state index in [1.807, 2.05) is 0 Å². The van der Waals surface area contributed by atoms with E-state index in [0.717, 1.165) is 61.3 Å². The van der Waals surface area contributed by atoms with Gasteiger partial charge < -0.3 is 19.9 Å². The number of fused-ring (bicyclic) bond motifs is 2. The van der Waals surface area contributed by atoms with Crippen molar-refractivity contribution in [3.05, 3.63) is 47.4 Å². The topological polar surface area (TPSA) is 105 Å². The molecule has 0 spiro atoms. The van der Waals surface area contributed by atoms with Gasteiger partial charge in [0.2, 0.25) is 0 Å². The Labute approximate surface area is 270 Å². The van der Waals surface area contributed by atoms with Crippen LogP contribution < -0.4 is 5.32 Å². The van der Waals surface area contributed by atoms with E-state index in [0.29, 0.717) is 36.2 Å². The molecular formula is C33H45N7O3SSi. The number of amides is 2. The fourth-order valence-corrected chi connectivity index (χ4v) is 8.26. The Bertz CT molecular complexity index is 1670. The van der Waals surface area contributed by atoms with E-state index >= 15 is 0 Å². The van der Waals surface area contributed by atoms with Crippen LogP contribution >= 0.6 is 11.3 Å². The number of likely N-dealkylation sites (tertiary alicyclic amines) is 2. The third kappa shape index (κ3) is 7.29. The molecule has 0 radical (unpaired) electrons. The largest absolute Gasteiger partial charge is 0.360 e. The van der Waals surface area contributed by atoms with Crippen LogP contribution in [0.5, 0.6) is 0 Å². The number of nitrogens with one attached hydrogen (secondary N) is 1. The number of hydrogen-bond donors (Lipinski definition) is 1. The molecule has 2 fully saturated rings. The van der Waals surface area contributed by atoms with Gasteiger partial charge >= 0.3 is 11.8 Å². The Balaban J connectivity index is 1.19. The summed E-state index contributed by atoms with van der Waals surface area (Å²) in [5.41, 5.74) is 3.16. The predicted octanol–water partition coefficient (Wildman–Crippen LogP) is 6.10. The highest BCUT2D eigenvalue weighted by atomic mass is 32.1. The first-order valence-electron chi connectivity index (χ1n) is 16.1. The Morgan fingerprint density at radius 1 is 1.09 bits per heavy atom. The maximum atomic E-state index is 13.8. The molecule has 5 heterocycles. The summed E-state index contributed by atoms with van der Waals surface area (Å²) in [6.07, 6.45) is 9.04. The fraction of sp³-hybridized carbons (Fsp3) is 0.545. The number of piperidine rings is 2. The number of hydrogen-bond acceptors (Lipinski definition) is 8. The minimum Gasteiger partial charge on any atom is -0.360 e. The molecule has 2 aliphatic rings. The van der Waals surface area contributed by atoms with Crippen LogP contribution in [0.1, 0.15) is 55.1 Å². The van der Waals surface area contributed by atoms with Crippen LogP contribution in [-0.4, -0.2) is 82.7 Å². The lowest BCUT2D eigenvalue weighted by Crippen LogP contribution is -2.46. The van der Waals surface area contributed by atoms with Gasteiger partial charge in [-0.15, -0.1) is 11.3 Å². The lowest BCUT2D eigenvalue weighted by atomic mass is 9.89. The van der Waals surface area contributed by atoms with Gasteiger partial charge in [0.05, 0.1) is 44.9 Å². The maximum absolute atomic E-state index is 13.8. The molecule has 0 saturated carbocycles. The number of anilines is 1. The van der Waals surface area contributed by atoms with Gasteiger partial charge in [0.1, 0.15) is 6.73 Å². The van der Waals surface area contributed by atoms with Crippen LogP contribution in [-0.2, 0) is 21.1 Å². The molecule has 2 saturated heterocycles. The summed E-state index contributed by atoms with van der Waals surface area (Å²) in [6.45, 7) is 12.7. The first-order chi connectivity index (χ1) is 21.6. The lowest BCUT2D eigenvalue weighted by Gasteiger charge is -2.38. The van der Waals surface area contributed by atoms with E-state index in [2.05, 4.69) is 72.1 Å². The molecule has 45 heavy (non-hydrogen) atoms. The van der Waals surface area contributed by atoms with Gasteiger partial charge in [-0.3, -0.25) is 14.6 Å². The van der Waals surface area contributed by atoms with Crippen LogP contribution in [0.4, 0.5) is 5.69 Å². The molecule has 0 bridgehead atoms. The zero-order valence-electron chi connectivity index (χ0n) is 27.1.